The molecule has 3 rings (SSSR count). The number of carbonyl (C=O) groups is 2. The molecule has 1 N–H and O–H groups in total. The van der Waals surface area contributed by atoms with Crippen molar-refractivity contribution in [2.45, 2.75) is 13.5 Å². The van der Waals surface area contributed by atoms with Gasteiger partial charge in [-0.1, -0.05) is 24.3 Å². The van der Waals surface area contributed by atoms with E-state index < -0.39 is 0 Å². The summed E-state index contributed by atoms with van der Waals surface area (Å²) in [6.07, 6.45) is 3.06. The number of nitrogens with zero attached hydrogens (tertiary/aromatic N) is 1. The number of esters is 1. The van der Waals surface area contributed by atoms with Gasteiger partial charge in [-0.25, -0.2) is 4.79 Å². The van der Waals surface area contributed by atoms with Gasteiger partial charge in [-0.05, 0) is 48.4 Å². The second-order valence-electron chi connectivity index (χ2n) is 6.75. The fourth-order valence-corrected chi connectivity index (χ4v) is 3.01. The van der Waals surface area contributed by atoms with Gasteiger partial charge in [-0.2, -0.15) is 0 Å². The number of rotatable bonds is 7. The molecule has 1 aliphatic heterocycles. The summed E-state index contributed by atoms with van der Waals surface area (Å²) in [5.74, 6) is -0.528. The number of benzene rings is 2. The fourth-order valence-electron chi connectivity index (χ4n) is 3.01. The molecule has 2 aromatic rings. The molecule has 1 heterocycles. The first-order valence-corrected chi connectivity index (χ1v) is 9.79. The molecule has 6 heteroatoms. The van der Waals surface area contributed by atoms with Crippen LogP contribution in [-0.2, 0) is 20.8 Å². The molecule has 0 aliphatic carbocycles. The van der Waals surface area contributed by atoms with Crippen LogP contribution >= 0.6 is 0 Å². The van der Waals surface area contributed by atoms with Crippen LogP contribution < -0.4 is 5.32 Å². The van der Waals surface area contributed by atoms with E-state index in [9.17, 15) is 9.59 Å². The summed E-state index contributed by atoms with van der Waals surface area (Å²) in [5.41, 5.74) is 3.34. The molecule has 2 aromatic carbocycles. The van der Waals surface area contributed by atoms with Crippen molar-refractivity contribution < 1.29 is 19.1 Å². The molecule has 0 unspecified atom stereocenters. The Bertz CT molecular complexity index is 838. The minimum absolute atomic E-state index is 0.155. The SMILES string of the molecule is CCOC(=O)C=Cc1ccc(NC(=O)c2ccc(CN3CCOCC3)cc2)cc1. The number of morpholine rings is 1. The van der Waals surface area contributed by atoms with Crippen LogP contribution in [0.25, 0.3) is 6.08 Å². The largest absolute Gasteiger partial charge is 0.463 e. The summed E-state index contributed by atoms with van der Waals surface area (Å²) in [7, 11) is 0. The Morgan fingerprint density at radius 2 is 1.76 bits per heavy atom. The molecular formula is C23H26N2O4. The maximum absolute atomic E-state index is 12.5. The molecule has 1 amide bonds. The molecule has 6 nitrogen and oxygen atoms in total. The van der Waals surface area contributed by atoms with Gasteiger partial charge >= 0.3 is 5.97 Å². The van der Waals surface area contributed by atoms with Gasteiger partial charge in [-0.15, -0.1) is 0 Å². The molecule has 0 saturated carbocycles. The van der Waals surface area contributed by atoms with E-state index in [1.165, 1.54) is 11.6 Å². The molecule has 1 saturated heterocycles. The molecule has 0 bridgehead atoms. The lowest BCUT2D eigenvalue weighted by Crippen LogP contribution is -2.35. The Morgan fingerprint density at radius 1 is 1.07 bits per heavy atom. The van der Waals surface area contributed by atoms with E-state index >= 15 is 0 Å². The Morgan fingerprint density at radius 3 is 2.41 bits per heavy atom. The first kappa shape index (κ1) is 20.8. The van der Waals surface area contributed by atoms with Crippen molar-refractivity contribution in [1.29, 1.82) is 0 Å². The van der Waals surface area contributed by atoms with Gasteiger partial charge in [0.25, 0.3) is 5.91 Å². The van der Waals surface area contributed by atoms with Crippen molar-refractivity contribution in [2.24, 2.45) is 0 Å². The molecular weight excluding hydrogens is 368 g/mol. The summed E-state index contributed by atoms with van der Waals surface area (Å²) >= 11 is 0. The number of amides is 1. The Balaban J connectivity index is 1.53. The van der Waals surface area contributed by atoms with E-state index in [0.29, 0.717) is 17.9 Å². The second-order valence-corrected chi connectivity index (χ2v) is 6.75. The minimum atomic E-state index is -0.373. The predicted octanol–water partition coefficient (Wildman–Crippen LogP) is 3.35. The van der Waals surface area contributed by atoms with Crippen molar-refractivity contribution in [3.63, 3.8) is 0 Å². The molecule has 0 spiro atoms. The van der Waals surface area contributed by atoms with Crippen LogP contribution in [0.15, 0.2) is 54.6 Å². The van der Waals surface area contributed by atoms with E-state index in [1.807, 2.05) is 36.4 Å². The van der Waals surface area contributed by atoms with E-state index in [1.54, 1.807) is 25.1 Å². The van der Waals surface area contributed by atoms with E-state index in [-0.39, 0.29) is 11.9 Å². The third-order valence-corrected chi connectivity index (χ3v) is 4.59. The van der Waals surface area contributed by atoms with Crippen molar-refractivity contribution >= 4 is 23.6 Å². The van der Waals surface area contributed by atoms with Crippen LogP contribution in [-0.4, -0.2) is 49.7 Å². The molecule has 29 heavy (non-hydrogen) atoms. The van der Waals surface area contributed by atoms with Gasteiger partial charge in [0.15, 0.2) is 0 Å². The average molecular weight is 394 g/mol. The normalized spacial score (nSPS) is 14.7. The summed E-state index contributed by atoms with van der Waals surface area (Å²) < 4.78 is 10.2. The number of carbonyl (C=O) groups excluding carboxylic acids is 2. The number of ether oxygens (including phenoxy) is 2. The van der Waals surface area contributed by atoms with Gasteiger partial charge < -0.3 is 14.8 Å². The molecule has 1 fully saturated rings. The summed E-state index contributed by atoms with van der Waals surface area (Å²) in [4.78, 5) is 26.2. The van der Waals surface area contributed by atoms with Crippen LogP contribution in [0.5, 0.6) is 0 Å². The summed E-state index contributed by atoms with van der Waals surface area (Å²) in [5, 5.41) is 2.89. The van der Waals surface area contributed by atoms with Crippen LogP contribution in [0, 0.1) is 0 Å². The van der Waals surface area contributed by atoms with Gasteiger partial charge in [0, 0.05) is 37.0 Å². The first-order chi connectivity index (χ1) is 14.1. The lowest BCUT2D eigenvalue weighted by molar-refractivity contribution is -0.137. The lowest BCUT2D eigenvalue weighted by atomic mass is 10.1. The molecule has 0 atom stereocenters. The zero-order valence-corrected chi connectivity index (χ0v) is 16.6. The summed E-state index contributed by atoms with van der Waals surface area (Å²) in [6, 6.07) is 14.9. The highest BCUT2D eigenvalue weighted by Crippen LogP contribution is 2.14. The standard InChI is InChI=1S/C23H26N2O4/c1-2-29-22(26)12-7-18-5-10-21(11-6-18)24-23(27)20-8-3-19(4-9-20)17-25-13-15-28-16-14-25/h3-12H,2,13-17H2,1H3,(H,24,27). The quantitative estimate of drug-likeness (QED) is 0.576. The van der Waals surface area contributed by atoms with Crippen molar-refractivity contribution in [2.75, 3.05) is 38.2 Å². The van der Waals surface area contributed by atoms with Crippen LogP contribution in [0.3, 0.4) is 0 Å². The zero-order valence-electron chi connectivity index (χ0n) is 16.6. The average Bonchev–Trinajstić information content (AvgIpc) is 2.75. The van der Waals surface area contributed by atoms with Crippen molar-refractivity contribution in [3.8, 4) is 0 Å². The van der Waals surface area contributed by atoms with Crippen LogP contribution in [0.4, 0.5) is 5.69 Å². The molecule has 0 radical (unpaired) electrons. The van der Waals surface area contributed by atoms with Gasteiger partial charge in [0.2, 0.25) is 0 Å². The monoisotopic (exact) mass is 394 g/mol. The fraction of sp³-hybridized carbons (Fsp3) is 0.304. The third-order valence-electron chi connectivity index (χ3n) is 4.59. The second kappa shape index (κ2) is 10.5. The molecule has 152 valence electrons. The van der Waals surface area contributed by atoms with Crippen molar-refractivity contribution in [1.82, 2.24) is 4.90 Å². The summed E-state index contributed by atoms with van der Waals surface area (Å²) in [6.45, 7) is 6.41. The maximum Gasteiger partial charge on any atom is 0.330 e. The zero-order chi connectivity index (χ0) is 20.5. The Kier molecular flexibility index (Phi) is 7.55. The third kappa shape index (κ3) is 6.55. The number of hydrogen-bond donors (Lipinski definition) is 1. The molecule has 0 aromatic heterocycles. The van der Waals surface area contributed by atoms with Gasteiger partial charge in [0.05, 0.1) is 19.8 Å². The first-order valence-electron chi connectivity index (χ1n) is 9.79. The molecule has 1 aliphatic rings. The van der Waals surface area contributed by atoms with E-state index in [2.05, 4.69) is 10.2 Å². The van der Waals surface area contributed by atoms with Crippen LogP contribution in [0.1, 0.15) is 28.4 Å². The highest BCUT2D eigenvalue weighted by atomic mass is 16.5. The van der Waals surface area contributed by atoms with E-state index in [0.717, 1.165) is 38.4 Å². The smallest absolute Gasteiger partial charge is 0.330 e. The highest BCUT2D eigenvalue weighted by Gasteiger charge is 2.11. The highest BCUT2D eigenvalue weighted by molar-refractivity contribution is 6.04. The van der Waals surface area contributed by atoms with E-state index in [4.69, 9.17) is 9.47 Å². The number of hydrogen-bond acceptors (Lipinski definition) is 5. The number of nitrogens with one attached hydrogen (secondary N) is 1. The lowest BCUT2D eigenvalue weighted by Gasteiger charge is -2.26. The van der Waals surface area contributed by atoms with Crippen LogP contribution in [0.2, 0.25) is 0 Å². The Hall–Kier alpha value is -2.96. The van der Waals surface area contributed by atoms with Gasteiger partial charge in [0.1, 0.15) is 0 Å². The predicted molar refractivity (Wildman–Crippen MR) is 113 cm³/mol. The Labute approximate surface area is 171 Å². The van der Waals surface area contributed by atoms with Gasteiger partial charge in [-0.3, -0.25) is 9.69 Å². The minimum Gasteiger partial charge on any atom is -0.463 e. The number of anilines is 1. The van der Waals surface area contributed by atoms with Crippen molar-refractivity contribution in [3.05, 3.63) is 71.3 Å². The maximum atomic E-state index is 12.5. The topological polar surface area (TPSA) is 67.9 Å².